The lowest BCUT2D eigenvalue weighted by molar-refractivity contribution is 0.112. The second-order valence-corrected chi connectivity index (χ2v) is 4.23. The Labute approximate surface area is 112 Å². The predicted molar refractivity (Wildman–Crippen MR) is 75.1 cm³/mol. The number of methoxy groups -OCH3 is 2. The van der Waals surface area contributed by atoms with Crippen LogP contribution < -0.4 is 9.47 Å². The Kier molecular flexibility index (Phi) is 3.85. The highest BCUT2D eigenvalue weighted by molar-refractivity contribution is 5.81. The van der Waals surface area contributed by atoms with Crippen molar-refractivity contribution in [2.75, 3.05) is 14.2 Å². The Morgan fingerprint density at radius 2 is 1.79 bits per heavy atom. The fraction of sp³-hybridized carbons (Fsp3) is 0.188. The monoisotopic (exact) mass is 256 g/mol. The van der Waals surface area contributed by atoms with Gasteiger partial charge in [-0.3, -0.25) is 4.79 Å². The summed E-state index contributed by atoms with van der Waals surface area (Å²) in [6.45, 7) is 1.97. The number of aryl methyl sites for hydroxylation is 1. The predicted octanol–water partition coefficient (Wildman–Crippen LogP) is 3.49. The lowest BCUT2D eigenvalue weighted by atomic mass is 9.97. The molecule has 3 heteroatoms. The summed E-state index contributed by atoms with van der Waals surface area (Å²) in [6, 6.07) is 11.3. The third-order valence-electron chi connectivity index (χ3n) is 3.08. The summed E-state index contributed by atoms with van der Waals surface area (Å²) in [5, 5.41) is 0. The quantitative estimate of drug-likeness (QED) is 0.785. The van der Waals surface area contributed by atoms with Crippen LogP contribution in [0.2, 0.25) is 0 Å². The number of aldehydes is 1. The minimum absolute atomic E-state index is 0.670. The van der Waals surface area contributed by atoms with Crippen LogP contribution >= 0.6 is 0 Å². The smallest absolute Gasteiger partial charge is 0.168 e. The number of ether oxygens (including phenoxy) is 2. The molecule has 2 aromatic rings. The molecular formula is C16H16O3. The lowest BCUT2D eigenvalue weighted by Gasteiger charge is -2.14. The van der Waals surface area contributed by atoms with Gasteiger partial charge in [0.2, 0.25) is 0 Å². The summed E-state index contributed by atoms with van der Waals surface area (Å²) >= 11 is 0. The molecule has 0 amide bonds. The van der Waals surface area contributed by atoms with Crippen molar-refractivity contribution in [3.63, 3.8) is 0 Å². The standard InChI is InChI=1S/C16H16O3/c1-11-9-12(10-17)7-8-13(11)14-5-4-6-15(18-2)16(14)19-3/h4-10H,1-3H3. The maximum atomic E-state index is 10.8. The van der Waals surface area contributed by atoms with E-state index in [0.717, 1.165) is 23.0 Å². The number of hydrogen-bond donors (Lipinski definition) is 0. The van der Waals surface area contributed by atoms with Gasteiger partial charge in [0.1, 0.15) is 6.29 Å². The Morgan fingerprint density at radius 3 is 2.37 bits per heavy atom. The van der Waals surface area contributed by atoms with Gasteiger partial charge in [0.05, 0.1) is 14.2 Å². The largest absolute Gasteiger partial charge is 0.493 e. The van der Waals surface area contributed by atoms with Gasteiger partial charge in [0, 0.05) is 11.1 Å². The highest BCUT2D eigenvalue weighted by atomic mass is 16.5. The van der Waals surface area contributed by atoms with E-state index in [4.69, 9.17) is 9.47 Å². The molecule has 0 heterocycles. The second-order valence-electron chi connectivity index (χ2n) is 4.23. The molecule has 98 valence electrons. The van der Waals surface area contributed by atoms with Gasteiger partial charge in [-0.25, -0.2) is 0 Å². The Bertz CT molecular complexity index is 603. The minimum Gasteiger partial charge on any atom is -0.493 e. The highest BCUT2D eigenvalue weighted by Gasteiger charge is 2.13. The first-order valence-electron chi connectivity index (χ1n) is 5.98. The van der Waals surface area contributed by atoms with Gasteiger partial charge < -0.3 is 9.47 Å². The average molecular weight is 256 g/mol. The maximum absolute atomic E-state index is 10.8. The second kappa shape index (κ2) is 5.57. The molecule has 0 saturated carbocycles. The molecule has 19 heavy (non-hydrogen) atoms. The van der Waals surface area contributed by atoms with Crippen LogP contribution in [-0.2, 0) is 0 Å². The van der Waals surface area contributed by atoms with Crippen LogP contribution in [0.3, 0.4) is 0 Å². The summed E-state index contributed by atoms with van der Waals surface area (Å²) < 4.78 is 10.7. The topological polar surface area (TPSA) is 35.5 Å². The molecule has 3 nitrogen and oxygen atoms in total. The van der Waals surface area contributed by atoms with E-state index in [-0.39, 0.29) is 0 Å². The third kappa shape index (κ3) is 2.45. The first-order chi connectivity index (χ1) is 9.21. The average Bonchev–Trinajstić information content (AvgIpc) is 2.46. The van der Waals surface area contributed by atoms with Crippen molar-refractivity contribution in [2.24, 2.45) is 0 Å². The molecule has 0 aromatic heterocycles. The molecule has 0 atom stereocenters. The summed E-state index contributed by atoms with van der Waals surface area (Å²) in [4.78, 5) is 10.8. The molecule has 0 spiro atoms. The van der Waals surface area contributed by atoms with Gasteiger partial charge in [-0.2, -0.15) is 0 Å². The van der Waals surface area contributed by atoms with Crippen molar-refractivity contribution in [1.29, 1.82) is 0 Å². The van der Waals surface area contributed by atoms with E-state index < -0.39 is 0 Å². The zero-order valence-electron chi connectivity index (χ0n) is 11.3. The molecule has 0 aliphatic carbocycles. The Hall–Kier alpha value is -2.29. The molecule has 0 N–H and O–H groups in total. The number of benzene rings is 2. The SMILES string of the molecule is COc1cccc(-c2ccc(C=O)cc2C)c1OC. The van der Waals surface area contributed by atoms with Gasteiger partial charge >= 0.3 is 0 Å². The third-order valence-corrected chi connectivity index (χ3v) is 3.08. The fourth-order valence-electron chi connectivity index (χ4n) is 2.16. The van der Waals surface area contributed by atoms with Crippen LogP contribution in [-0.4, -0.2) is 20.5 Å². The fourth-order valence-corrected chi connectivity index (χ4v) is 2.16. The van der Waals surface area contributed by atoms with Crippen molar-refractivity contribution < 1.29 is 14.3 Å². The van der Waals surface area contributed by atoms with Gasteiger partial charge in [-0.1, -0.05) is 24.3 Å². The van der Waals surface area contributed by atoms with Gasteiger partial charge in [-0.15, -0.1) is 0 Å². The van der Waals surface area contributed by atoms with E-state index in [1.165, 1.54) is 0 Å². The summed E-state index contributed by atoms with van der Waals surface area (Å²) in [5.41, 5.74) is 3.68. The molecule has 0 saturated heterocycles. The zero-order valence-corrected chi connectivity index (χ0v) is 11.3. The van der Waals surface area contributed by atoms with E-state index in [9.17, 15) is 4.79 Å². The van der Waals surface area contributed by atoms with E-state index in [2.05, 4.69) is 0 Å². The van der Waals surface area contributed by atoms with Gasteiger partial charge in [-0.05, 0) is 30.2 Å². The minimum atomic E-state index is 0.670. The lowest BCUT2D eigenvalue weighted by Crippen LogP contribution is -1.94. The van der Waals surface area contributed by atoms with E-state index in [1.54, 1.807) is 20.3 Å². The summed E-state index contributed by atoms with van der Waals surface area (Å²) in [7, 11) is 3.24. The van der Waals surface area contributed by atoms with Crippen molar-refractivity contribution in [1.82, 2.24) is 0 Å². The Morgan fingerprint density at radius 1 is 1.00 bits per heavy atom. The van der Waals surface area contributed by atoms with Gasteiger partial charge in [0.15, 0.2) is 11.5 Å². The molecular weight excluding hydrogens is 240 g/mol. The van der Waals surface area contributed by atoms with Crippen molar-refractivity contribution in [3.8, 4) is 22.6 Å². The highest BCUT2D eigenvalue weighted by Crippen LogP contribution is 2.39. The Balaban J connectivity index is 2.61. The first kappa shape index (κ1) is 13.1. The van der Waals surface area contributed by atoms with Crippen LogP contribution in [0.1, 0.15) is 15.9 Å². The number of carbonyl (C=O) groups excluding carboxylic acids is 1. The zero-order chi connectivity index (χ0) is 13.8. The van der Waals surface area contributed by atoms with Crippen LogP contribution in [0.15, 0.2) is 36.4 Å². The molecule has 2 aromatic carbocycles. The van der Waals surface area contributed by atoms with E-state index in [1.807, 2.05) is 37.3 Å². The number of para-hydroxylation sites is 1. The van der Waals surface area contributed by atoms with Crippen molar-refractivity contribution in [2.45, 2.75) is 6.92 Å². The first-order valence-corrected chi connectivity index (χ1v) is 5.98. The van der Waals surface area contributed by atoms with Crippen LogP contribution in [0.5, 0.6) is 11.5 Å². The number of rotatable bonds is 4. The molecule has 0 aliphatic rings. The molecule has 0 radical (unpaired) electrons. The molecule has 0 aliphatic heterocycles. The number of carbonyl (C=O) groups is 1. The molecule has 2 rings (SSSR count). The van der Waals surface area contributed by atoms with Crippen LogP contribution in [0, 0.1) is 6.92 Å². The molecule has 0 fully saturated rings. The van der Waals surface area contributed by atoms with Crippen LogP contribution in [0.4, 0.5) is 0 Å². The van der Waals surface area contributed by atoms with E-state index in [0.29, 0.717) is 17.1 Å². The summed E-state index contributed by atoms with van der Waals surface area (Å²) in [6.07, 6.45) is 0.847. The number of hydrogen-bond acceptors (Lipinski definition) is 3. The maximum Gasteiger partial charge on any atom is 0.168 e. The van der Waals surface area contributed by atoms with Gasteiger partial charge in [0.25, 0.3) is 0 Å². The molecule has 0 bridgehead atoms. The van der Waals surface area contributed by atoms with E-state index >= 15 is 0 Å². The van der Waals surface area contributed by atoms with Crippen molar-refractivity contribution >= 4 is 6.29 Å². The van der Waals surface area contributed by atoms with Crippen LogP contribution in [0.25, 0.3) is 11.1 Å². The van der Waals surface area contributed by atoms with Crippen molar-refractivity contribution in [3.05, 3.63) is 47.5 Å². The molecule has 0 unspecified atom stereocenters. The normalized spacial score (nSPS) is 10.1. The summed E-state index contributed by atoms with van der Waals surface area (Å²) in [5.74, 6) is 1.39.